The lowest BCUT2D eigenvalue weighted by Crippen LogP contribution is -2.11. The Morgan fingerprint density at radius 1 is 0.966 bits per heavy atom. The van der Waals surface area contributed by atoms with Gasteiger partial charge in [0.2, 0.25) is 5.16 Å². The topological polar surface area (TPSA) is 72.7 Å². The summed E-state index contributed by atoms with van der Waals surface area (Å²) in [6.07, 6.45) is 0. The highest BCUT2D eigenvalue weighted by molar-refractivity contribution is 7.98. The molecule has 0 saturated heterocycles. The summed E-state index contributed by atoms with van der Waals surface area (Å²) in [5, 5.41) is 16.1. The van der Waals surface area contributed by atoms with Gasteiger partial charge in [-0.2, -0.15) is 4.68 Å². The second-order valence-corrected chi connectivity index (χ2v) is 7.53. The van der Waals surface area contributed by atoms with Gasteiger partial charge in [-0.25, -0.2) is 0 Å². The second-order valence-electron chi connectivity index (χ2n) is 6.16. The molecule has 0 spiro atoms. The average Bonchev–Trinajstić information content (AvgIpc) is 3.23. The van der Waals surface area contributed by atoms with Crippen LogP contribution in [0.3, 0.4) is 0 Å². The average molecular weight is 422 g/mol. The number of rotatable bonds is 6. The third-order valence-corrected chi connectivity index (χ3v) is 5.37. The SMILES string of the molecule is O=C(Nc1ccc(Cl)cc1)c1ccc(CSc2nnnn2-c2ccccc2)cc1. The number of nitrogens with one attached hydrogen (secondary N) is 1. The molecule has 1 aromatic heterocycles. The Morgan fingerprint density at radius 2 is 1.69 bits per heavy atom. The van der Waals surface area contributed by atoms with Gasteiger partial charge < -0.3 is 5.32 Å². The molecule has 0 radical (unpaired) electrons. The highest BCUT2D eigenvalue weighted by atomic mass is 35.5. The Balaban J connectivity index is 1.38. The van der Waals surface area contributed by atoms with E-state index in [0.29, 0.717) is 27.2 Å². The number of tetrazole rings is 1. The Morgan fingerprint density at radius 3 is 2.41 bits per heavy atom. The fourth-order valence-electron chi connectivity index (χ4n) is 2.64. The van der Waals surface area contributed by atoms with Crippen LogP contribution in [0.15, 0.2) is 84.0 Å². The number of carbonyl (C=O) groups is 1. The van der Waals surface area contributed by atoms with E-state index in [1.165, 1.54) is 11.8 Å². The zero-order chi connectivity index (χ0) is 20.1. The number of aromatic nitrogens is 4. The van der Waals surface area contributed by atoms with Crippen LogP contribution in [0.25, 0.3) is 5.69 Å². The van der Waals surface area contributed by atoms with Crippen molar-refractivity contribution in [2.24, 2.45) is 0 Å². The van der Waals surface area contributed by atoms with E-state index >= 15 is 0 Å². The van der Waals surface area contributed by atoms with Gasteiger partial charge in [0.25, 0.3) is 5.91 Å². The van der Waals surface area contributed by atoms with Gasteiger partial charge in [-0.1, -0.05) is 53.7 Å². The molecule has 1 amide bonds. The van der Waals surface area contributed by atoms with E-state index in [2.05, 4.69) is 20.8 Å². The molecule has 8 heteroatoms. The van der Waals surface area contributed by atoms with Crippen LogP contribution in [0.2, 0.25) is 5.02 Å². The number of nitrogens with zero attached hydrogens (tertiary/aromatic N) is 4. The first-order valence-electron chi connectivity index (χ1n) is 8.81. The molecule has 1 heterocycles. The molecule has 0 aliphatic heterocycles. The zero-order valence-corrected chi connectivity index (χ0v) is 16.8. The van der Waals surface area contributed by atoms with Crippen molar-refractivity contribution in [1.29, 1.82) is 0 Å². The van der Waals surface area contributed by atoms with Crippen molar-refractivity contribution in [2.45, 2.75) is 10.9 Å². The van der Waals surface area contributed by atoms with E-state index in [0.717, 1.165) is 11.3 Å². The summed E-state index contributed by atoms with van der Waals surface area (Å²) >= 11 is 7.40. The van der Waals surface area contributed by atoms with Crippen molar-refractivity contribution < 1.29 is 4.79 Å². The summed E-state index contributed by atoms with van der Waals surface area (Å²) < 4.78 is 1.71. The van der Waals surface area contributed by atoms with Gasteiger partial charge in [0.15, 0.2) is 0 Å². The Kier molecular flexibility index (Phi) is 5.88. The molecule has 6 nitrogen and oxygen atoms in total. The molecule has 29 heavy (non-hydrogen) atoms. The van der Waals surface area contributed by atoms with Gasteiger partial charge in [-0.3, -0.25) is 4.79 Å². The number of halogens is 1. The first kappa shape index (κ1) is 19.2. The quantitative estimate of drug-likeness (QED) is 0.450. The molecule has 144 valence electrons. The molecule has 0 aliphatic rings. The summed E-state index contributed by atoms with van der Waals surface area (Å²) in [7, 11) is 0. The number of hydrogen-bond acceptors (Lipinski definition) is 5. The first-order valence-corrected chi connectivity index (χ1v) is 10.2. The van der Waals surface area contributed by atoms with Crippen LogP contribution in [0.1, 0.15) is 15.9 Å². The van der Waals surface area contributed by atoms with E-state index < -0.39 is 0 Å². The largest absolute Gasteiger partial charge is 0.322 e. The highest BCUT2D eigenvalue weighted by Gasteiger charge is 2.10. The van der Waals surface area contributed by atoms with Crippen molar-refractivity contribution in [2.75, 3.05) is 5.32 Å². The van der Waals surface area contributed by atoms with E-state index in [1.54, 1.807) is 41.1 Å². The van der Waals surface area contributed by atoms with Crippen LogP contribution in [-0.2, 0) is 5.75 Å². The van der Waals surface area contributed by atoms with Crippen LogP contribution in [0.5, 0.6) is 0 Å². The number of para-hydroxylation sites is 1. The van der Waals surface area contributed by atoms with Gasteiger partial charge in [-0.15, -0.1) is 5.10 Å². The van der Waals surface area contributed by atoms with E-state index in [9.17, 15) is 4.79 Å². The van der Waals surface area contributed by atoms with Crippen molar-refractivity contribution in [1.82, 2.24) is 20.2 Å². The Bertz CT molecular complexity index is 1100. The fraction of sp³-hybridized carbons (Fsp3) is 0.0476. The van der Waals surface area contributed by atoms with Gasteiger partial charge in [-0.05, 0) is 64.5 Å². The molecule has 4 rings (SSSR count). The van der Waals surface area contributed by atoms with Crippen molar-refractivity contribution in [3.63, 3.8) is 0 Å². The minimum atomic E-state index is -0.167. The lowest BCUT2D eigenvalue weighted by Gasteiger charge is -2.07. The molecule has 1 N–H and O–H groups in total. The van der Waals surface area contributed by atoms with Crippen LogP contribution in [0, 0.1) is 0 Å². The normalized spacial score (nSPS) is 10.7. The molecular formula is C21H16ClN5OS. The van der Waals surface area contributed by atoms with Crippen molar-refractivity contribution in [3.8, 4) is 5.69 Å². The number of benzene rings is 3. The highest BCUT2D eigenvalue weighted by Crippen LogP contribution is 2.23. The summed E-state index contributed by atoms with van der Waals surface area (Å²) in [5.74, 6) is 0.520. The van der Waals surface area contributed by atoms with Crippen molar-refractivity contribution in [3.05, 3.63) is 95.0 Å². The van der Waals surface area contributed by atoms with E-state index in [4.69, 9.17) is 11.6 Å². The lowest BCUT2D eigenvalue weighted by molar-refractivity contribution is 0.102. The Labute approximate surface area is 176 Å². The number of anilines is 1. The van der Waals surface area contributed by atoms with Crippen LogP contribution >= 0.6 is 23.4 Å². The van der Waals surface area contributed by atoms with E-state index in [1.807, 2.05) is 42.5 Å². The molecule has 0 saturated carbocycles. The standard InChI is InChI=1S/C21H16ClN5OS/c22-17-10-12-18(13-11-17)23-20(28)16-8-6-15(7-9-16)14-29-21-24-25-26-27(21)19-4-2-1-3-5-19/h1-13H,14H2,(H,23,28). The minimum absolute atomic E-state index is 0.167. The number of carbonyl (C=O) groups excluding carboxylic acids is 1. The van der Waals surface area contributed by atoms with Crippen molar-refractivity contribution >= 4 is 35.0 Å². The van der Waals surface area contributed by atoms with E-state index in [-0.39, 0.29) is 5.91 Å². The van der Waals surface area contributed by atoms with Crippen LogP contribution in [-0.4, -0.2) is 26.1 Å². The maximum Gasteiger partial charge on any atom is 0.255 e. The molecule has 0 aliphatic carbocycles. The van der Waals surface area contributed by atoms with Gasteiger partial charge in [0.05, 0.1) is 5.69 Å². The maximum atomic E-state index is 12.4. The molecule has 0 fully saturated rings. The second kappa shape index (κ2) is 8.89. The molecular weight excluding hydrogens is 406 g/mol. The summed E-state index contributed by atoms with van der Waals surface area (Å²) in [4.78, 5) is 12.4. The summed E-state index contributed by atoms with van der Waals surface area (Å²) in [6, 6.07) is 24.2. The number of hydrogen-bond donors (Lipinski definition) is 1. The maximum absolute atomic E-state index is 12.4. The van der Waals surface area contributed by atoms with Gasteiger partial charge in [0, 0.05) is 22.0 Å². The molecule has 4 aromatic rings. The molecule has 0 bridgehead atoms. The van der Waals surface area contributed by atoms with Gasteiger partial charge >= 0.3 is 0 Å². The van der Waals surface area contributed by atoms with Crippen LogP contribution < -0.4 is 5.32 Å². The van der Waals surface area contributed by atoms with Crippen LogP contribution in [0.4, 0.5) is 5.69 Å². The molecule has 0 unspecified atom stereocenters. The monoisotopic (exact) mass is 421 g/mol. The molecule has 3 aromatic carbocycles. The smallest absolute Gasteiger partial charge is 0.255 e. The third-order valence-electron chi connectivity index (χ3n) is 4.13. The Hall–Kier alpha value is -3.16. The number of thioether (sulfide) groups is 1. The predicted molar refractivity (Wildman–Crippen MR) is 115 cm³/mol. The zero-order valence-electron chi connectivity index (χ0n) is 15.2. The van der Waals surface area contributed by atoms with Gasteiger partial charge in [0.1, 0.15) is 0 Å². The first-order chi connectivity index (χ1) is 14.2. The summed E-state index contributed by atoms with van der Waals surface area (Å²) in [5.41, 5.74) is 3.27. The minimum Gasteiger partial charge on any atom is -0.322 e. The lowest BCUT2D eigenvalue weighted by atomic mass is 10.1. The summed E-state index contributed by atoms with van der Waals surface area (Å²) in [6.45, 7) is 0. The third kappa shape index (κ3) is 4.82. The fourth-order valence-corrected chi connectivity index (χ4v) is 3.61. The molecule has 0 atom stereocenters. The number of amides is 1. The predicted octanol–water partition coefficient (Wildman–Crippen LogP) is 4.86.